The van der Waals surface area contributed by atoms with Crippen LogP contribution in [0.25, 0.3) is 0 Å². The maximum Gasteiger partial charge on any atom is 0.348 e. The molecule has 2 aromatic rings. The molecule has 1 aliphatic rings. The second-order valence-electron chi connectivity index (χ2n) is 6.78. The molecule has 144 valence electrons. The number of hydrogen-bond acceptors (Lipinski definition) is 5. The Hall–Kier alpha value is -2.34. The second kappa shape index (κ2) is 8.57. The zero-order valence-electron chi connectivity index (χ0n) is 15.9. The summed E-state index contributed by atoms with van der Waals surface area (Å²) in [6.07, 6.45) is 3.05. The van der Waals surface area contributed by atoms with E-state index in [0.29, 0.717) is 10.8 Å². The molecule has 1 unspecified atom stereocenters. The molecule has 1 aromatic carbocycles. The summed E-state index contributed by atoms with van der Waals surface area (Å²) in [5, 5.41) is 3.01. The zero-order chi connectivity index (χ0) is 19.4. The Labute approximate surface area is 163 Å². The van der Waals surface area contributed by atoms with Crippen molar-refractivity contribution >= 4 is 23.2 Å². The molecule has 0 aliphatic heterocycles. The summed E-state index contributed by atoms with van der Waals surface area (Å²) in [7, 11) is 1.63. The van der Waals surface area contributed by atoms with Crippen molar-refractivity contribution in [1.29, 1.82) is 0 Å². The summed E-state index contributed by atoms with van der Waals surface area (Å²) >= 11 is 1.41. The van der Waals surface area contributed by atoms with E-state index in [4.69, 9.17) is 9.47 Å². The lowest BCUT2D eigenvalue weighted by Gasteiger charge is -2.19. The molecule has 0 bridgehead atoms. The van der Waals surface area contributed by atoms with E-state index in [1.807, 2.05) is 37.3 Å². The number of aryl methyl sites for hydroxylation is 2. The van der Waals surface area contributed by atoms with Gasteiger partial charge < -0.3 is 14.8 Å². The summed E-state index contributed by atoms with van der Waals surface area (Å²) in [5.41, 5.74) is 2.18. The summed E-state index contributed by atoms with van der Waals surface area (Å²) in [6.45, 7) is 3.77. The molecule has 3 rings (SSSR count). The molecule has 0 saturated heterocycles. The molecule has 1 atom stereocenters. The van der Waals surface area contributed by atoms with Crippen molar-refractivity contribution in [2.45, 2.75) is 39.2 Å². The van der Waals surface area contributed by atoms with Gasteiger partial charge >= 0.3 is 5.97 Å². The highest BCUT2D eigenvalue weighted by atomic mass is 32.1. The van der Waals surface area contributed by atoms with Crippen LogP contribution in [0.5, 0.6) is 5.75 Å². The molecule has 1 aromatic heterocycles. The minimum atomic E-state index is -0.439. The molecule has 1 amide bonds. The number of esters is 1. The van der Waals surface area contributed by atoms with Crippen molar-refractivity contribution in [1.82, 2.24) is 5.32 Å². The average molecular weight is 388 g/mol. The molecule has 1 saturated carbocycles. The predicted molar refractivity (Wildman–Crippen MR) is 105 cm³/mol. The van der Waals surface area contributed by atoms with Crippen LogP contribution in [0.15, 0.2) is 30.3 Å². The summed E-state index contributed by atoms with van der Waals surface area (Å²) < 4.78 is 10.4. The fourth-order valence-corrected chi connectivity index (χ4v) is 4.11. The highest BCUT2D eigenvalue weighted by Gasteiger charge is 2.33. The van der Waals surface area contributed by atoms with Crippen molar-refractivity contribution in [3.63, 3.8) is 0 Å². The Morgan fingerprint density at radius 2 is 1.96 bits per heavy atom. The fraction of sp³-hybridized carbons (Fsp3) is 0.429. The second-order valence-corrected chi connectivity index (χ2v) is 8.03. The first-order valence-electron chi connectivity index (χ1n) is 9.21. The maximum absolute atomic E-state index is 12.3. The number of thiophene rings is 1. The van der Waals surface area contributed by atoms with E-state index in [-0.39, 0.29) is 18.6 Å². The lowest BCUT2D eigenvalue weighted by molar-refractivity contribution is -0.125. The number of amides is 1. The Morgan fingerprint density at radius 3 is 2.52 bits per heavy atom. The van der Waals surface area contributed by atoms with Crippen molar-refractivity contribution in [3.8, 4) is 5.75 Å². The molecule has 1 aliphatic carbocycles. The van der Waals surface area contributed by atoms with Gasteiger partial charge in [0.05, 0.1) is 13.2 Å². The van der Waals surface area contributed by atoms with Crippen LogP contribution < -0.4 is 10.1 Å². The van der Waals surface area contributed by atoms with Gasteiger partial charge in [0.1, 0.15) is 10.6 Å². The molecule has 0 radical (unpaired) electrons. The third kappa shape index (κ3) is 4.89. The third-order valence-electron chi connectivity index (χ3n) is 4.82. The average Bonchev–Trinajstić information content (AvgIpc) is 3.45. The molecule has 0 spiro atoms. The van der Waals surface area contributed by atoms with Crippen molar-refractivity contribution in [3.05, 3.63) is 51.2 Å². The first kappa shape index (κ1) is 19.4. The molecule has 6 heteroatoms. The van der Waals surface area contributed by atoms with E-state index < -0.39 is 5.97 Å². The first-order chi connectivity index (χ1) is 13.0. The van der Waals surface area contributed by atoms with Gasteiger partial charge in [0.25, 0.3) is 5.91 Å². The minimum Gasteiger partial charge on any atom is -0.497 e. The van der Waals surface area contributed by atoms with E-state index >= 15 is 0 Å². The zero-order valence-corrected chi connectivity index (χ0v) is 16.7. The molecule has 1 heterocycles. The molecular formula is C21H25NO4S. The number of nitrogens with one attached hydrogen (secondary N) is 1. The predicted octanol–water partition coefficient (Wildman–Crippen LogP) is 4.05. The Balaban J connectivity index is 1.57. The number of hydrogen-bond donors (Lipinski definition) is 1. The number of carbonyl (C=O) groups is 2. The number of ether oxygens (including phenoxy) is 2. The first-order valence-corrected chi connectivity index (χ1v) is 10.0. The Morgan fingerprint density at radius 1 is 1.26 bits per heavy atom. The van der Waals surface area contributed by atoms with Gasteiger partial charge in [-0.1, -0.05) is 19.1 Å². The number of benzene rings is 1. The van der Waals surface area contributed by atoms with Crippen LogP contribution in [0.4, 0.5) is 0 Å². The van der Waals surface area contributed by atoms with E-state index in [9.17, 15) is 9.59 Å². The summed E-state index contributed by atoms with van der Waals surface area (Å²) in [4.78, 5) is 26.2. The third-order valence-corrected chi connectivity index (χ3v) is 5.89. The number of rotatable bonds is 8. The Bertz CT molecular complexity index is 808. The van der Waals surface area contributed by atoms with Gasteiger partial charge in [0.2, 0.25) is 0 Å². The normalized spacial score (nSPS) is 14.5. The maximum atomic E-state index is 12.3. The SMILES string of the molecule is CCc1cc(C(=O)OCC(=O)NC(c2ccc(OC)cc2)C2CC2)sc1C. The van der Waals surface area contributed by atoms with Gasteiger partial charge in [0.15, 0.2) is 6.61 Å². The van der Waals surface area contributed by atoms with Crippen molar-refractivity contribution in [2.24, 2.45) is 5.92 Å². The lowest BCUT2D eigenvalue weighted by Crippen LogP contribution is -2.33. The van der Waals surface area contributed by atoms with E-state index in [2.05, 4.69) is 12.2 Å². The molecule has 1 N–H and O–H groups in total. The lowest BCUT2D eigenvalue weighted by atomic mass is 10.0. The van der Waals surface area contributed by atoms with Gasteiger partial charge in [-0.3, -0.25) is 4.79 Å². The van der Waals surface area contributed by atoms with Crippen molar-refractivity contribution in [2.75, 3.05) is 13.7 Å². The monoisotopic (exact) mass is 387 g/mol. The van der Waals surface area contributed by atoms with Gasteiger partial charge in [-0.05, 0) is 61.4 Å². The van der Waals surface area contributed by atoms with E-state index in [1.54, 1.807) is 7.11 Å². The Kier molecular flexibility index (Phi) is 6.16. The highest BCUT2D eigenvalue weighted by Crippen LogP contribution is 2.41. The molecule has 1 fully saturated rings. The van der Waals surface area contributed by atoms with Crippen LogP contribution in [0.3, 0.4) is 0 Å². The quantitative estimate of drug-likeness (QED) is 0.694. The molecule has 5 nitrogen and oxygen atoms in total. The topological polar surface area (TPSA) is 64.6 Å². The standard InChI is InChI=1S/C21H25NO4S/c1-4-14-11-18(27-13(14)2)21(24)26-12-19(23)22-20(15-5-6-15)16-7-9-17(25-3)10-8-16/h7-11,15,20H,4-6,12H2,1-3H3,(H,22,23). The number of carbonyl (C=O) groups excluding carboxylic acids is 2. The largest absolute Gasteiger partial charge is 0.497 e. The van der Waals surface area contributed by atoms with Gasteiger partial charge in [-0.25, -0.2) is 4.79 Å². The van der Waals surface area contributed by atoms with E-state index in [1.165, 1.54) is 11.3 Å². The fourth-order valence-electron chi connectivity index (χ4n) is 3.10. The minimum absolute atomic E-state index is 0.0576. The van der Waals surface area contributed by atoms with Crippen molar-refractivity contribution < 1.29 is 19.1 Å². The van der Waals surface area contributed by atoms with Crippen LogP contribution in [-0.4, -0.2) is 25.6 Å². The van der Waals surface area contributed by atoms with E-state index in [0.717, 1.165) is 41.0 Å². The van der Waals surface area contributed by atoms with Crippen LogP contribution in [0.1, 0.15) is 51.5 Å². The van der Waals surface area contributed by atoms with Crippen LogP contribution in [0, 0.1) is 12.8 Å². The smallest absolute Gasteiger partial charge is 0.348 e. The van der Waals surface area contributed by atoms with Gasteiger partial charge in [-0.2, -0.15) is 0 Å². The van der Waals surface area contributed by atoms with Crippen LogP contribution >= 0.6 is 11.3 Å². The van der Waals surface area contributed by atoms with Gasteiger partial charge in [-0.15, -0.1) is 11.3 Å². The van der Waals surface area contributed by atoms with Crippen LogP contribution in [0.2, 0.25) is 0 Å². The number of methoxy groups -OCH3 is 1. The summed E-state index contributed by atoms with van der Waals surface area (Å²) in [6, 6.07) is 9.51. The molecular weight excluding hydrogens is 362 g/mol. The van der Waals surface area contributed by atoms with Gasteiger partial charge in [0, 0.05) is 4.88 Å². The highest BCUT2D eigenvalue weighted by molar-refractivity contribution is 7.14. The molecule has 27 heavy (non-hydrogen) atoms. The summed E-state index contributed by atoms with van der Waals surface area (Å²) in [5.74, 6) is 0.502. The van der Waals surface area contributed by atoms with Crippen LogP contribution in [-0.2, 0) is 16.0 Å².